The lowest BCUT2D eigenvalue weighted by molar-refractivity contribution is -0.142. The minimum atomic E-state index is -0.618. The van der Waals surface area contributed by atoms with Gasteiger partial charge in [0, 0.05) is 11.8 Å². The third-order valence-electron chi connectivity index (χ3n) is 3.53. The molecular weight excluding hydrogens is 338 g/mol. The van der Waals surface area contributed by atoms with Gasteiger partial charge >= 0.3 is 5.97 Å². The molecule has 1 amide bonds. The Morgan fingerprint density at radius 3 is 2.65 bits per heavy atom. The van der Waals surface area contributed by atoms with E-state index >= 15 is 0 Å². The molecule has 1 aliphatic rings. The maximum Gasteiger partial charge on any atom is 0.331 e. The van der Waals surface area contributed by atoms with Gasteiger partial charge in [0.15, 0.2) is 18.1 Å². The Balaban J connectivity index is 1.46. The van der Waals surface area contributed by atoms with Crippen LogP contribution in [0.1, 0.15) is 5.56 Å². The Morgan fingerprint density at radius 1 is 1.12 bits per heavy atom. The lowest BCUT2D eigenvalue weighted by Crippen LogP contribution is -2.20. The van der Waals surface area contributed by atoms with Crippen LogP contribution in [0.3, 0.4) is 0 Å². The first-order valence-electron chi connectivity index (χ1n) is 7.82. The summed E-state index contributed by atoms with van der Waals surface area (Å²) in [4.78, 5) is 23.5. The van der Waals surface area contributed by atoms with E-state index in [9.17, 15) is 9.59 Å². The van der Waals surface area contributed by atoms with Gasteiger partial charge in [-0.2, -0.15) is 0 Å². The van der Waals surface area contributed by atoms with E-state index in [1.807, 2.05) is 0 Å². The highest BCUT2D eigenvalue weighted by atomic mass is 16.7. The highest BCUT2D eigenvalue weighted by molar-refractivity contribution is 5.94. The summed E-state index contributed by atoms with van der Waals surface area (Å²) in [6, 6.07) is 12.1. The molecule has 0 atom stereocenters. The minimum Gasteiger partial charge on any atom is -0.497 e. The molecule has 0 saturated heterocycles. The van der Waals surface area contributed by atoms with Crippen molar-refractivity contribution < 1.29 is 28.5 Å². The average Bonchev–Trinajstić information content (AvgIpc) is 3.13. The first kappa shape index (κ1) is 17.3. The normalized spacial score (nSPS) is 12.0. The van der Waals surface area contributed by atoms with Crippen molar-refractivity contribution >= 4 is 23.6 Å². The average molecular weight is 355 g/mol. The maximum absolute atomic E-state index is 11.8. The van der Waals surface area contributed by atoms with Crippen molar-refractivity contribution in [1.29, 1.82) is 0 Å². The van der Waals surface area contributed by atoms with Crippen LogP contribution in [0.15, 0.2) is 48.5 Å². The summed E-state index contributed by atoms with van der Waals surface area (Å²) >= 11 is 0. The van der Waals surface area contributed by atoms with Crippen molar-refractivity contribution in [3.8, 4) is 17.2 Å². The monoisotopic (exact) mass is 355 g/mol. The van der Waals surface area contributed by atoms with Crippen molar-refractivity contribution in [2.24, 2.45) is 0 Å². The first-order valence-corrected chi connectivity index (χ1v) is 7.82. The van der Waals surface area contributed by atoms with Crippen LogP contribution < -0.4 is 19.5 Å². The van der Waals surface area contributed by atoms with Gasteiger partial charge in [-0.05, 0) is 48.0 Å². The summed E-state index contributed by atoms with van der Waals surface area (Å²) in [5.74, 6) is 0.926. The smallest absolute Gasteiger partial charge is 0.331 e. The van der Waals surface area contributed by atoms with Gasteiger partial charge in [-0.3, -0.25) is 4.79 Å². The molecule has 0 spiro atoms. The lowest BCUT2D eigenvalue weighted by atomic mass is 10.2. The highest BCUT2D eigenvalue weighted by Gasteiger charge is 2.12. The minimum absolute atomic E-state index is 0.188. The Hall–Kier alpha value is -3.48. The second kappa shape index (κ2) is 8.06. The van der Waals surface area contributed by atoms with Crippen molar-refractivity contribution in [1.82, 2.24) is 0 Å². The number of rotatable bonds is 6. The summed E-state index contributed by atoms with van der Waals surface area (Å²) in [6.45, 7) is -0.190. The molecule has 7 heteroatoms. The molecule has 2 aromatic carbocycles. The number of benzene rings is 2. The number of carbonyl (C=O) groups excluding carboxylic acids is 2. The van der Waals surface area contributed by atoms with Gasteiger partial charge in [-0.1, -0.05) is 6.07 Å². The summed E-state index contributed by atoms with van der Waals surface area (Å²) in [6.07, 6.45) is 2.82. The standard InChI is InChI=1S/C19H17NO6/c1-23-15-6-4-14(5-7-15)20-18(21)11-24-19(22)9-3-13-2-8-16-17(10-13)26-12-25-16/h2-10H,11-12H2,1H3,(H,20,21)/b9-3+. The summed E-state index contributed by atoms with van der Waals surface area (Å²) in [5, 5.41) is 2.62. The summed E-state index contributed by atoms with van der Waals surface area (Å²) in [5.41, 5.74) is 1.34. The SMILES string of the molecule is COc1ccc(NC(=O)COC(=O)/C=C/c2ccc3c(c2)OCO3)cc1. The number of anilines is 1. The highest BCUT2D eigenvalue weighted by Crippen LogP contribution is 2.32. The van der Waals surface area contributed by atoms with Crippen molar-refractivity contribution in [2.45, 2.75) is 0 Å². The van der Waals surface area contributed by atoms with E-state index in [1.165, 1.54) is 6.08 Å². The molecule has 1 aliphatic heterocycles. The molecule has 2 aromatic rings. The number of methoxy groups -OCH3 is 1. The fourth-order valence-electron chi connectivity index (χ4n) is 2.24. The van der Waals surface area contributed by atoms with Crippen molar-refractivity contribution in [3.63, 3.8) is 0 Å². The van der Waals surface area contributed by atoms with Gasteiger partial charge in [0.25, 0.3) is 5.91 Å². The largest absolute Gasteiger partial charge is 0.497 e. The number of carbonyl (C=O) groups is 2. The van der Waals surface area contributed by atoms with E-state index in [0.717, 1.165) is 5.56 Å². The molecule has 3 rings (SSSR count). The predicted octanol–water partition coefficient (Wildman–Crippen LogP) is 2.62. The molecular formula is C19H17NO6. The lowest BCUT2D eigenvalue weighted by Gasteiger charge is -2.06. The molecule has 0 aliphatic carbocycles. The van der Waals surface area contributed by atoms with Crippen LogP contribution in [-0.4, -0.2) is 32.4 Å². The Morgan fingerprint density at radius 2 is 1.88 bits per heavy atom. The van der Waals surface area contributed by atoms with Crippen LogP contribution in [0.2, 0.25) is 0 Å². The molecule has 0 radical (unpaired) electrons. The van der Waals surface area contributed by atoms with Crippen LogP contribution in [0.25, 0.3) is 6.08 Å². The van der Waals surface area contributed by atoms with E-state index in [4.69, 9.17) is 18.9 Å². The van der Waals surface area contributed by atoms with Crippen LogP contribution in [-0.2, 0) is 14.3 Å². The number of fused-ring (bicyclic) bond motifs is 1. The number of ether oxygens (including phenoxy) is 4. The van der Waals surface area contributed by atoms with Gasteiger partial charge in [0.1, 0.15) is 5.75 Å². The van der Waals surface area contributed by atoms with E-state index in [1.54, 1.807) is 55.7 Å². The molecule has 0 bridgehead atoms. The van der Waals surface area contributed by atoms with Gasteiger partial charge in [0.2, 0.25) is 6.79 Å². The molecule has 26 heavy (non-hydrogen) atoms. The summed E-state index contributed by atoms with van der Waals surface area (Å²) < 4.78 is 20.4. The van der Waals surface area contributed by atoms with E-state index < -0.39 is 11.9 Å². The first-order chi connectivity index (χ1) is 12.6. The molecule has 7 nitrogen and oxygen atoms in total. The second-order valence-electron chi connectivity index (χ2n) is 5.33. The number of nitrogens with one attached hydrogen (secondary N) is 1. The van der Waals surface area contributed by atoms with Gasteiger partial charge in [-0.25, -0.2) is 4.79 Å². The molecule has 1 heterocycles. The number of amides is 1. The third-order valence-corrected chi connectivity index (χ3v) is 3.53. The zero-order valence-electron chi connectivity index (χ0n) is 14.1. The number of hydrogen-bond acceptors (Lipinski definition) is 6. The Bertz CT molecular complexity index is 828. The van der Waals surface area contributed by atoms with Crippen LogP contribution in [0.4, 0.5) is 5.69 Å². The summed E-state index contributed by atoms with van der Waals surface area (Å²) in [7, 11) is 1.56. The topological polar surface area (TPSA) is 83.1 Å². The van der Waals surface area contributed by atoms with E-state index in [0.29, 0.717) is 22.9 Å². The zero-order chi connectivity index (χ0) is 18.4. The molecule has 1 N–H and O–H groups in total. The molecule has 134 valence electrons. The number of hydrogen-bond donors (Lipinski definition) is 1. The molecule has 0 unspecified atom stereocenters. The zero-order valence-corrected chi connectivity index (χ0v) is 14.1. The fraction of sp³-hybridized carbons (Fsp3) is 0.158. The van der Waals surface area contributed by atoms with Crippen LogP contribution in [0.5, 0.6) is 17.2 Å². The van der Waals surface area contributed by atoms with Crippen LogP contribution in [0, 0.1) is 0 Å². The van der Waals surface area contributed by atoms with Crippen LogP contribution >= 0.6 is 0 Å². The molecule has 0 aromatic heterocycles. The third kappa shape index (κ3) is 4.54. The van der Waals surface area contributed by atoms with Gasteiger partial charge < -0.3 is 24.3 Å². The Labute approximate surface area is 150 Å². The van der Waals surface area contributed by atoms with E-state index in [-0.39, 0.29) is 13.4 Å². The van der Waals surface area contributed by atoms with Crippen molar-refractivity contribution in [2.75, 3.05) is 25.8 Å². The Kier molecular flexibility index (Phi) is 5.38. The predicted molar refractivity (Wildman–Crippen MR) is 94.2 cm³/mol. The number of esters is 1. The quantitative estimate of drug-likeness (QED) is 0.633. The van der Waals surface area contributed by atoms with E-state index in [2.05, 4.69) is 5.32 Å². The van der Waals surface area contributed by atoms with Gasteiger partial charge in [-0.15, -0.1) is 0 Å². The van der Waals surface area contributed by atoms with Gasteiger partial charge in [0.05, 0.1) is 7.11 Å². The fourth-order valence-corrected chi connectivity index (χ4v) is 2.24. The molecule has 0 fully saturated rings. The van der Waals surface area contributed by atoms with Crippen molar-refractivity contribution in [3.05, 3.63) is 54.1 Å². The molecule has 0 saturated carbocycles. The second-order valence-corrected chi connectivity index (χ2v) is 5.33. The maximum atomic E-state index is 11.8.